The van der Waals surface area contributed by atoms with Crippen LogP contribution < -0.4 is 0 Å². The van der Waals surface area contributed by atoms with Crippen LogP contribution in [0.2, 0.25) is 5.02 Å². The highest BCUT2D eigenvalue weighted by molar-refractivity contribution is 8.18. The summed E-state index contributed by atoms with van der Waals surface area (Å²) in [7, 11) is 0. The van der Waals surface area contributed by atoms with Gasteiger partial charge in [-0.15, -0.1) is 0 Å². The molecule has 0 fully saturated rings. The van der Waals surface area contributed by atoms with E-state index < -0.39 is 11.9 Å². The number of aryl methyl sites for hydroxylation is 1. The molecule has 154 valence electrons. The van der Waals surface area contributed by atoms with E-state index in [2.05, 4.69) is 4.99 Å². The number of benzene rings is 2. The SMILES string of the molecule is CCOC(=O)C1=C(O)/C(=C/c2cc(Cl)ccc2O)SC1=NC(=O)c1ccc(C)cc1. The number of thioether (sulfide) groups is 1. The molecule has 0 spiro atoms. The van der Waals surface area contributed by atoms with Crippen molar-refractivity contribution in [3.63, 3.8) is 0 Å². The Morgan fingerprint density at radius 1 is 1.17 bits per heavy atom. The zero-order chi connectivity index (χ0) is 21.8. The molecule has 2 N–H and O–H groups in total. The minimum Gasteiger partial charge on any atom is -0.507 e. The van der Waals surface area contributed by atoms with Crippen LogP contribution in [0.25, 0.3) is 6.08 Å². The number of aromatic hydroxyl groups is 1. The Hall–Kier alpha value is -3.03. The molecule has 0 aliphatic carbocycles. The van der Waals surface area contributed by atoms with Crippen LogP contribution in [-0.4, -0.2) is 33.7 Å². The molecule has 1 heterocycles. The van der Waals surface area contributed by atoms with Crippen LogP contribution in [0.1, 0.15) is 28.4 Å². The number of esters is 1. The molecule has 1 amide bonds. The summed E-state index contributed by atoms with van der Waals surface area (Å²) in [6, 6.07) is 11.3. The average Bonchev–Trinajstić information content (AvgIpc) is 3.00. The van der Waals surface area contributed by atoms with Gasteiger partial charge in [0.25, 0.3) is 5.91 Å². The van der Waals surface area contributed by atoms with Gasteiger partial charge in [-0.2, -0.15) is 0 Å². The summed E-state index contributed by atoms with van der Waals surface area (Å²) in [6.45, 7) is 3.62. The fraction of sp³-hybridized carbons (Fsp3) is 0.136. The maximum absolute atomic E-state index is 12.6. The van der Waals surface area contributed by atoms with Gasteiger partial charge >= 0.3 is 5.97 Å². The van der Waals surface area contributed by atoms with Crippen molar-refractivity contribution in [1.82, 2.24) is 0 Å². The highest BCUT2D eigenvalue weighted by Gasteiger charge is 2.34. The molecule has 0 aromatic heterocycles. The zero-order valence-electron chi connectivity index (χ0n) is 16.2. The standard InChI is InChI=1S/C22H18ClNO5S/c1-3-29-22(28)18-19(26)17(11-14-10-15(23)8-9-16(14)25)30-21(18)24-20(27)13-6-4-12(2)5-7-13/h4-11,25-26H,3H2,1-2H3/b17-11-,24-21?. The number of halogens is 1. The second-order valence-electron chi connectivity index (χ2n) is 6.35. The van der Waals surface area contributed by atoms with E-state index in [4.69, 9.17) is 16.3 Å². The Labute approximate surface area is 182 Å². The molecule has 3 rings (SSSR count). The lowest BCUT2D eigenvalue weighted by Crippen LogP contribution is -2.14. The van der Waals surface area contributed by atoms with Gasteiger partial charge < -0.3 is 14.9 Å². The Bertz CT molecular complexity index is 1100. The van der Waals surface area contributed by atoms with Gasteiger partial charge in [-0.25, -0.2) is 9.79 Å². The maximum Gasteiger partial charge on any atom is 0.344 e. The number of aliphatic hydroxyl groups excluding tert-OH is 1. The summed E-state index contributed by atoms with van der Waals surface area (Å²) in [5, 5.41) is 21.1. The first-order valence-corrected chi connectivity index (χ1v) is 10.2. The van der Waals surface area contributed by atoms with Gasteiger partial charge in [0, 0.05) is 16.1 Å². The van der Waals surface area contributed by atoms with Crippen molar-refractivity contribution in [2.45, 2.75) is 13.8 Å². The van der Waals surface area contributed by atoms with E-state index >= 15 is 0 Å². The third-order valence-electron chi connectivity index (χ3n) is 4.15. The second-order valence-corrected chi connectivity index (χ2v) is 7.81. The Morgan fingerprint density at radius 3 is 2.53 bits per heavy atom. The van der Waals surface area contributed by atoms with Crippen molar-refractivity contribution < 1.29 is 24.5 Å². The predicted octanol–water partition coefficient (Wildman–Crippen LogP) is 5.06. The van der Waals surface area contributed by atoms with Crippen molar-refractivity contribution in [2.75, 3.05) is 6.61 Å². The van der Waals surface area contributed by atoms with E-state index in [1.54, 1.807) is 31.2 Å². The fourth-order valence-electron chi connectivity index (χ4n) is 2.63. The molecule has 30 heavy (non-hydrogen) atoms. The lowest BCUT2D eigenvalue weighted by molar-refractivity contribution is -0.138. The number of carbonyl (C=O) groups excluding carboxylic acids is 2. The molecule has 0 atom stereocenters. The third kappa shape index (κ3) is 4.75. The first-order valence-electron chi connectivity index (χ1n) is 8.99. The van der Waals surface area contributed by atoms with Gasteiger partial charge in [0.15, 0.2) is 0 Å². The Balaban J connectivity index is 2.04. The van der Waals surface area contributed by atoms with Crippen molar-refractivity contribution in [3.05, 3.63) is 80.4 Å². The lowest BCUT2D eigenvalue weighted by atomic mass is 10.1. The number of amides is 1. The van der Waals surface area contributed by atoms with Gasteiger partial charge in [0.1, 0.15) is 22.1 Å². The van der Waals surface area contributed by atoms with Crippen molar-refractivity contribution >= 4 is 46.4 Å². The molecule has 0 unspecified atom stereocenters. The fourth-order valence-corrected chi connectivity index (χ4v) is 3.81. The quantitative estimate of drug-likeness (QED) is 0.641. The van der Waals surface area contributed by atoms with E-state index in [0.717, 1.165) is 17.3 Å². The van der Waals surface area contributed by atoms with Gasteiger partial charge in [-0.3, -0.25) is 4.79 Å². The minimum absolute atomic E-state index is 0.0179. The van der Waals surface area contributed by atoms with Crippen LogP contribution >= 0.6 is 23.4 Å². The smallest absolute Gasteiger partial charge is 0.344 e. The molecule has 2 aromatic rings. The van der Waals surface area contributed by atoms with Crippen LogP contribution in [0.4, 0.5) is 0 Å². The van der Waals surface area contributed by atoms with Gasteiger partial charge in [-0.05, 0) is 50.3 Å². The highest BCUT2D eigenvalue weighted by Crippen LogP contribution is 2.40. The van der Waals surface area contributed by atoms with E-state index in [1.165, 1.54) is 24.3 Å². The van der Waals surface area contributed by atoms with E-state index in [9.17, 15) is 19.8 Å². The number of carbonyl (C=O) groups is 2. The van der Waals surface area contributed by atoms with Crippen molar-refractivity contribution in [2.24, 2.45) is 4.99 Å². The topological polar surface area (TPSA) is 96.2 Å². The number of hydrogen-bond donors (Lipinski definition) is 2. The molecule has 0 radical (unpaired) electrons. The van der Waals surface area contributed by atoms with E-state index in [0.29, 0.717) is 16.1 Å². The number of aliphatic imine (C=N–C) groups is 1. The van der Waals surface area contributed by atoms with E-state index in [-0.39, 0.29) is 33.6 Å². The highest BCUT2D eigenvalue weighted by atomic mass is 35.5. The van der Waals surface area contributed by atoms with Gasteiger partial charge in [-0.1, -0.05) is 41.1 Å². The lowest BCUT2D eigenvalue weighted by Gasteiger charge is -2.03. The number of phenols is 1. The predicted molar refractivity (Wildman–Crippen MR) is 118 cm³/mol. The van der Waals surface area contributed by atoms with Crippen LogP contribution in [-0.2, 0) is 9.53 Å². The number of hydrogen-bond acceptors (Lipinski definition) is 6. The largest absolute Gasteiger partial charge is 0.507 e. The summed E-state index contributed by atoms with van der Waals surface area (Å²) < 4.78 is 5.01. The van der Waals surface area contributed by atoms with Gasteiger partial charge in [0.2, 0.25) is 0 Å². The molecule has 2 aromatic carbocycles. The van der Waals surface area contributed by atoms with Crippen LogP contribution in [0.3, 0.4) is 0 Å². The van der Waals surface area contributed by atoms with Crippen LogP contribution in [0, 0.1) is 6.92 Å². The molecule has 0 bridgehead atoms. The van der Waals surface area contributed by atoms with Crippen LogP contribution in [0.5, 0.6) is 5.75 Å². The average molecular weight is 444 g/mol. The van der Waals surface area contributed by atoms with Gasteiger partial charge in [0.05, 0.1) is 11.5 Å². The Morgan fingerprint density at radius 2 is 1.87 bits per heavy atom. The van der Waals surface area contributed by atoms with Crippen LogP contribution in [0.15, 0.2) is 63.7 Å². The summed E-state index contributed by atoms with van der Waals surface area (Å²) in [4.78, 5) is 29.2. The minimum atomic E-state index is -0.795. The third-order valence-corrected chi connectivity index (χ3v) is 5.40. The summed E-state index contributed by atoms with van der Waals surface area (Å²) >= 11 is 6.90. The molecule has 0 saturated carbocycles. The number of ether oxygens (including phenoxy) is 1. The molecular weight excluding hydrogens is 426 g/mol. The number of nitrogens with zero attached hydrogens (tertiary/aromatic N) is 1. The van der Waals surface area contributed by atoms with E-state index in [1.807, 2.05) is 6.92 Å². The van der Waals surface area contributed by atoms with Crippen molar-refractivity contribution in [3.8, 4) is 5.75 Å². The summed E-state index contributed by atoms with van der Waals surface area (Å²) in [5.41, 5.74) is 1.48. The number of phenolic OH excluding ortho intramolecular Hbond substituents is 1. The number of aliphatic hydroxyl groups is 1. The Kier molecular flexibility index (Phi) is 6.64. The first kappa shape index (κ1) is 21.7. The molecule has 6 nitrogen and oxygen atoms in total. The normalized spacial score (nSPS) is 16.4. The monoisotopic (exact) mass is 443 g/mol. The molecule has 1 aliphatic heterocycles. The molecule has 1 aliphatic rings. The zero-order valence-corrected chi connectivity index (χ0v) is 17.8. The van der Waals surface area contributed by atoms with Crippen molar-refractivity contribution in [1.29, 1.82) is 0 Å². The first-order chi connectivity index (χ1) is 14.3. The maximum atomic E-state index is 12.6. The summed E-state index contributed by atoms with van der Waals surface area (Å²) in [6.07, 6.45) is 1.46. The molecule has 8 heteroatoms. The molecule has 0 saturated heterocycles. The number of rotatable bonds is 4. The molecular formula is C22H18ClNO5S. The summed E-state index contributed by atoms with van der Waals surface area (Å²) in [5.74, 6) is -1.79. The second kappa shape index (κ2) is 9.19.